The number of hydrogen-bond donors (Lipinski definition) is 1. The number of methoxy groups -OCH3 is 1. The molecule has 0 aromatic carbocycles. The third-order valence-corrected chi connectivity index (χ3v) is 4.79. The van der Waals surface area contributed by atoms with Crippen molar-refractivity contribution in [3.63, 3.8) is 0 Å². The van der Waals surface area contributed by atoms with Gasteiger partial charge in [-0.25, -0.2) is 0 Å². The molecule has 6 nitrogen and oxygen atoms in total. The quantitative estimate of drug-likeness (QED) is 0.707. The molecule has 1 N–H and O–H groups in total. The molecule has 2 rings (SSSR count). The Morgan fingerprint density at radius 2 is 2.11 bits per heavy atom. The van der Waals surface area contributed by atoms with Crippen molar-refractivity contribution in [3.8, 4) is 0 Å². The first-order chi connectivity index (χ1) is 9.06. The molecule has 0 saturated carbocycles. The van der Waals surface area contributed by atoms with Crippen LogP contribution in [-0.4, -0.2) is 59.9 Å². The lowest BCUT2D eigenvalue weighted by Gasteiger charge is -2.27. The topological polar surface area (TPSA) is 75.7 Å². The summed E-state index contributed by atoms with van der Waals surface area (Å²) in [5.41, 5.74) is -0.306. The van der Waals surface area contributed by atoms with Gasteiger partial charge in [0.25, 0.3) is 0 Å². The van der Waals surface area contributed by atoms with Crippen LogP contribution in [0.5, 0.6) is 0 Å². The maximum atomic E-state index is 11.8. The number of likely N-dealkylation sites (tertiary alicyclic amines) is 1. The second kappa shape index (κ2) is 5.92. The van der Waals surface area contributed by atoms with E-state index in [1.54, 1.807) is 18.9 Å². The number of nitrogens with zero attached hydrogens (tertiary/aromatic N) is 1. The van der Waals surface area contributed by atoms with Crippen LogP contribution in [0.1, 0.15) is 19.3 Å². The first kappa shape index (κ1) is 14.3. The highest BCUT2D eigenvalue weighted by Gasteiger charge is 2.35. The van der Waals surface area contributed by atoms with Gasteiger partial charge in [-0.05, 0) is 12.2 Å². The largest absolute Gasteiger partial charge is 0.376 e. The Balaban J connectivity index is 1.81. The van der Waals surface area contributed by atoms with Gasteiger partial charge in [0.05, 0.1) is 5.60 Å². The molecule has 1 atom stereocenters. The van der Waals surface area contributed by atoms with Crippen LogP contribution in [0.25, 0.3) is 0 Å². The van der Waals surface area contributed by atoms with Crippen molar-refractivity contribution in [3.05, 3.63) is 0 Å². The first-order valence-electron chi connectivity index (χ1n) is 6.29. The number of carbonyl (C=O) groups excluding carboxylic acids is 3. The molecule has 2 saturated heterocycles. The minimum atomic E-state index is -0.308. The second-order valence-corrected chi connectivity index (χ2v) is 5.95. The molecule has 3 amide bonds. The van der Waals surface area contributed by atoms with Crippen molar-refractivity contribution < 1.29 is 19.1 Å². The van der Waals surface area contributed by atoms with Crippen molar-refractivity contribution >= 4 is 29.5 Å². The van der Waals surface area contributed by atoms with Crippen LogP contribution in [0.4, 0.5) is 0 Å². The van der Waals surface area contributed by atoms with Crippen molar-refractivity contribution in [2.24, 2.45) is 0 Å². The van der Waals surface area contributed by atoms with Crippen LogP contribution < -0.4 is 5.32 Å². The number of imide groups is 1. The number of thioether (sulfide) groups is 1. The Morgan fingerprint density at radius 1 is 1.42 bits per heavy atom. The first-order valence-corrected chi connectivity index (χ1v) is 7.45. The van der Waals surface area contributed by atoms with E-state index in [4.69, 9.17) is 4.74 Å². The van der Waals surface area contributed by atoms with Gasteiger partial charge in [-0.15, -0.1) is 0 Å². The molecule has 0 spiro atoms. The molecule has 7 heteroatoms. The van der Waals surface area contributed by atoms with Gasteiger partial charge in [-0.3, -0.25) is 19.3 Å². The van der Waals surface area contributed by atoms with E-state index in [1.165, 1.54) is 0 Å². The van der Waals surface area contributed by atoms with E-state index in [2.05, 4.69) is 5.32 Å². The highest BCUT2D eigenvalue weighted by atomic mass is 32.2. The van der Waals surface area contributed by atoms with Crippen molar-refractivity contribution in [2.75, 3.05) is 31.7 Å². The molecule has 2 aliphatic rings. The number of hydrogen-bond acceptors (Lipinski definition) is 5. The van der Waals surface area contributed by atoms with E-state index >= 15 is 0 Å². The predicted octanol–water partition coefficient (Wildman–Crippen LogP) is -0.226. The zero-order valence-corrected chi connectivity index (χ0v) is 11.8. The highest BCUT2D eigenvalue weighted by molar-refractivity contribution is 7.99. The second-order valence-electron chi connectivity index (χ2n) is 4.84. The van der Waals surface area contributed by atoms with Gasteiger partial charge in [-0.1, -0.05) is 0 Å². The molecular formula is C12H18N2O4S. The zero-order valence-electron chi connectivity index (χ0n) is 10.9. The molecule has 0 aromatic rings. The zero-order chi connectivity index (χ0) is 13.9. The van der Waals surface area contributed by atoms with Gasteiger partial charge in [0.1, 0.15) is 6.54 Å². The number of carbonyl (C=O) groups is 3. The average Bonchev–Trinajstić information content (AvgIpc) is 2.99. The van der Waals surface area contributed by atoms with Gasteiger partial charge in [-0.2, -0.15) is 11.8 Å². The Kier molecular flexibility index (Phi) is 4.46. The highest BCUT2D eigenvalue weighted by Crippen LogP contribution is 2.30. The van der Waals surface area contributed by atoms with Crippen molar-refractivity contribution in [1.82, 2.24) is 10.2 Å². The molecule has 106 valence electrons. The summed E-state index contributed by atoms with van der Waals surface area (Å²) in [6.45, 7) is 0.246. The fourth-order valence-corrected chi connectivity index (χ4v) is 3.62. The summed E-state index contributed by atoms with van der Waals surface area (Å²) < 4.78 is 5.48. The summed E-state index contributed by atoms with van der Waals surface area (Å²) in [7, 11) is 1.64. The molecule has 0 bridgehead atoms. The summed E-state index contributed by atoms with van der Waals surface area (Å²) in [6.07, 6.45) is 1.32. The van der Waals surface area contributed by atoms with E-state index in [0.717, 1.165) is 22.8 Å². The summed E-state index contributed by atoms with van der Waals surface area (Å²) in [5, 5.41) is 2.76. The summed E-state index contributed by atoms with van der Waals surface area (Å²) in [6, 6.07) is 0. The van der Waals surface area contributed by atoms with Gasteiger partial charge in [0.15, 0.2) is 0 Å². The van der Waals surface area contributed by atoms with Crippen LogP contribution in [0.2, 0.25) is 0 Å². The fraction of sp³-hybridized carbons (Fsp3) is 0.750. The van der Waals surface area contributed by atoms with Crippen LogP contribution in [0.3, 0.4) is 0 Å². The van der Waals surface area contributed by atoms with Crippen molar-refractivity contribution in [2.45, 2.75) is 24.9 Å². The van der Waals surface area contributed by atoms with E-state index in [9.17, 15) is 14.4 Å². The van der Waals surface area contributed by atoms with Gasteiger partial charge in [0.2, 0.25) is 17.7 Å². The van der Waals surface area contributed by atoms with E-state index < -0.39 is 0 Å². The normalized spacial score (nSPS) is 27.1. The molecule has 0 radical (unpaired) electrons. The van der Waals surface area contributed by atoms with Crippen LogP contribution >= 0.6 is 11.8 Å². The number of ether oxygens (including phenoxy) is 1. The lowest BCUT2D eigenvalue weighted by Crippen LogP contribution is -2.48. The Bertz CT molecular complexity index is 377. The van der Waals surface area contributed by atoms with Crippen LogP contribution in [0.15, 0.2) is 0 Å². The Hall–Kier alpha value is -1.08. The van der Waals surface area contributed by atoms with Gasteiger partial charge >= 0.3 is 0 Å². The van der Waals surface area contributed by atoms with Crippen molar-refractivity contribution in [1.29, 1.82) is 0 Å². The van der Waals surface area contributed by atoms with E-state index in [1.807, 2.05) is 0 Å². The average molecular weight is 286 g/mol. The minimum Gasteiger partial charge on any atom is -0.376 e. The number of amides is 3. The Morgan fingerprint density at radius 3 is 2.63 bits per heavy atom. The lowest BCUT2D eigenvalue weighted by molar-refractivity contribution is -0.142. The molecular weight excluding hydrogens is 268 g/mol. The standard InChI is InChI=1S/C12H18N2O4S/c1-18-12(4-5-19-8-12)7-13-9(15)6-14-10(16)2-3-11(14)17/h2-8H2,1H3,(H,13,15)/t12-/m0/s1. The number of rotatable bonds is 5. The molecule has 19 heavy (non-hydrogen) atoms. The fourth-order valence-electron chi connectivity index (χ4n) is 2.22. The monoisotopic (exact) mass is 286 g/mol. The maximum Gasteiger partial charge on any atom is 0.240 e. The maximum absolute atomic E-state index is 11.8. The predicted molar refractivity (Wildman–Crippen MR) is 70.6 cm³/mol. The van der Waals surface area contributed by atoms with Gasteiger partial charge in [0, 0.05) is 32.2 Å². The van der Waals surface area contributed by atoms with E-state index in [-0.39, 0.29) is 42.7 Å². The molecule has 0 aromatic heterocycles. The molecule has 2 aliphatic heterocycles. The lowest BCUT2D eigenvalue weighted by atomic mass is 10.0. The van der Waals surface area contributed by atoms with Gasteiger partial charge < -0.3 is 10.1 Å². The Labute approximate surface area is 116 Å². The molecule has 2 fully saturated rings. The molecule has 2 heterocycles. The smallest absolute Gasteiger partial charge is 0.240 e. The minimum absolute atomic E-state index is 0.176. The third kappa shape index (κ3) is 3.27. The molecule has 0 aliphatic carbocycles. The number of nitrogens with one attached hydrogen (secondary N) is 1. The SMILES string of the molecule is CO[C@]1(CNC(=O)CN2C(=O)CCC2=O)CCSC1. The summed E-state index contributed by atoms with van der Waals surface area (Å²) in [4.78, 5) is 35.6. The van der Waals surface area contributed by atoms with E-state index in [0.29, 0.717) is 6.54 Å². The van der Waals surface area contributed by atoms with Crippen LogP contribution in [-0.2, 0) is 19.1 Å². The van der Waals surface area contributed by atoms with Crippen LogP contribution in [0, 0.1) is 0 Å². The summed E-state index contributed by atoms with van der Waals surface area (Å²) in [5.74, 6) is 1.03. The molecule has 0 unspecified atom stereocenters. The third-order valence-electron chi connectivity index (χ3n) is 3.56. The summed E-state index contributed by atoms with van der Waals surface area (Å²) >= 11 is 1.80.